The van der Waals surface area contributed by atoms with Gasteiger partial charge in [-0.3, -0.25) is 9.69 Å². The van der Waals surface area contributed by atoms with Crippen LogP contribution in [0.15, 0.2) is 30.3 Å². The highest BCUT2D eigenvalue weighted by atomic mass is 16.2. The first kappa shape index (κ1) is 17.0. The van der Waals surface area contributed by atoms with E-state index in [0.717, 1.165) is 45.1 Å². The SMILES string of the molecule is CN1CCN(C[C@@H](NC(=O)[C@H]2C[C@H]3CC[C@H]2C3)c2ccccc2)CC1. The van der Waals surface area contributed by atoms with Crippen molar-refractivity contribution in [3.63, 3.8) is 0 Å². The van der Waals surface area contributed by atoms with Crippen molar-refractivity contribution in [1.29, 1.82) is 0 Å². The molecule has 0 unspecified atom stereocenters. The molecule has 1 aromatic rings. The van der Waals surface area contributed by atoms with Crippen molar-refractivity contribution in [3.05, 3.63) is 35.9 Å². The summed E-state index contributed by atoms with van der Waals surface area (Å²) in [7, 11) is 2.18. The predicted octanol–water partition coefficient (Wildman–Crippen LogP) is 2.53. The Morgan fingerprint density at radius 3 is 2.52 bits per heavy atom. The van der Waals surface area contributed by atoms with Crippen LogP contribution in [0.4, 0.5) is 0 Å². The zero-order valence-corrected chi connectivity index (χ0v) is 15.4. The molecular weight excluding hydrogens is 310 g/mol. The third-order valence-corrected chi connectivity index (χ3v) is 6.63. The van der Waals surface area contributed by atoms with Gasteiger partial charge in [-0.25, -0.2) is 0 Å². The third kappa shape index (κ3) is 3.90. The summed E-state index contributed by atoms with van der Waals surface area (Å²) in [6.07, 6.45) is 5.01. The van der Waals surface area contributed by atoms with Gasteiger partial charge < -0.3 is 10.2 Å². The number of nitrogens with one attached hydrogen (secondary N) is 1. The molecule has 0 spiro atoms. The van der Waals surface area contributed by atoms with Gasteiger partial charge in [0.25, 0.3) is 0 Å². The first-order valence-electron chi connectivity index (χ1n) is 9.95. The van der Waals surface area contributed by atoms with E-state index < -0.39 is 0 Å². The van der Waals surface area contributed by atoms with Crippen molar-refractivity contribution >= 4 is 5.91 Å². The summed E-state index contributed by atoms with van der Waals surface area (Å²) in [6.45, 7) is 5.32. The second-order valence-electron chi connectivity index (χ2n) is 8.36. The summed E-state index contributed by atoms with van der Waals surface area (Å²) in [5, 5.41) is 3.42. The molecule has 2 saturated carbocycles. The van der Waals surface area contributed by atoms with Crippen LogP contribution in [0.2, 0.25) is 0 Å². The van der Waals surface area contributed by atoms with E-state index in [4.69, 9.17) is 0 Å². The Morgan fingerprint density at radius 1 is 1.12 bits per heavy atom. The number of fused-ring (bicyclic) bond motifs is 2. The quantitative estimate of drug-likeness (QED) is 0.894. The Morgan fingerprint density at radius 2 is 1.88 bits per heavy atom. The lowest BCUT2D eigenvalue weighted by Crippen LogP contribution is -2.48. The van der Waals surface area contributed by atoms with Crippen LogP contribution in [0.3, 0.4) is 0 Å². The van der Waals surface area contributed by atoms with Crippen molar-refractivity contribution in [2.75, 3.05) is 39.8 Å². The molecule has 2 aliphatic carbocycles. The lowest BCUT2D eigenvalue weighted by Gasteiger charge is -2.35. The molecule has 2 bridgehead atoms. The van der Waals surface area contributed by atoms with E-state index in [0.29, 0.717) is 11.8 Å². The van der Waals surface area contributed by atoms with Crippen molar-refractivity contribution < 1.29 is 4.79 Å². The molecule has 1 saturated heterocycles. The Bertz CT molecular complexity index is 582. The highest BCUT2D eigenvalue weighted by Gasteiger charge is 2.43. The lowest BCUT2D eigenvalue weighted by atomic mass is 9.88. The van der Waals surface area contributed by atoms with Crippen LogP contribution >= 0.6 is 0 Å². The van der Waals surface area contributed by atoms with E-state index in [-0.39, 0.29) is 12.0 Å². The molecule has 4 atom stereocenters. The van der Waals surface area contributed by atoms with Crippen LogP contribution in [-0.2, 0) is 4.79 Å². The number of nitrogens with zero attached hydrogens (tertiary/aromatic N) is 2. The van der Waals surface area contributed by atoms with Gasteiger partial charge in [-0.1, -0.05) is 36.8 Å². The van der Waals surface area contributed by atoms with Gasteiger partial charge in [0.1, 0.15) is 0 Å². The highest BCUT2D eigenvalue weighted by Crippen LogP contribution is 2.48. The third-order valence-electron chi connectivity index (χ3n) is 6.63. The summed E-state index contributed by atoms with van der Waals surface area (Å²) >= 11 is 0. The van der Waals surface area contributed by atoms with E-state index in [1.54, 1.807) is 0 Å². The van der Waals surface area contributed by atoms with Crippen molar-refractivity contribution in [1.82, 2.24) is 15.1 Å². The van der Waals surface area contributed by atoms with Gasteiger partial charge in [0, 0.05) is 38.6 Å². The first-order chi connectivity index (χ1) is 12.2. The number of benzene rings is 1. The predicted molar refractivity (Wildman–Crippen MR) is 100 cm³/mol. The minimum absolute atomic E-state index is 0.108. The largest absolute Gasteiger partial charge is 0.348 e. The maximum absolute atomic E-state index is 13.0. The van der Waals surface area contributed by atoms with Gasteiger partial charge in [-0.2, -0.15) is 0 Å². The summed E-state index contributed by atoms with van der Waals surface area (Å²) in [5.74, 6) is 2.02. The second-order valence-corrected chi connectivity index (χ2v) is 8.36. The number of hydrogen-bond donors (Lipinski definition) is 1. The van der Waals surface area contributed by atoms with Gasteiger partial charge in [0.05, 0.1) is 6.04 Å². The minimum atomic E-state index is 0.108. The number of amides is 1. The van der Waals surface area contributed by atoms with Crippen LogP contribution in [0.5, 0.6) is 0 Å². The van der Waals surface area contributed by atoms with E-state index in [1.807, 2.05) is 6.07 Å². The molecule has 0 radical (unpaired) electrons. The molecule has 1 heterocycles. The van der Waals surface area contributed by atoms with Crippen molar-refractivity contribution in [3.8, 4) is 0 Å². The summed E-state index contributed by atoms with van der Waals surface area (Å²) in [6, 6.07) is 10.6. The average Bonchev–Trinajstić information content (AvgIpc) is 3.27. The molecule has 136 valence electrons. The average molecular weight is 341 g/mol. The number of piperazine rings is 1. The fourth-order valence-corrected chi connectivity index (χ4v) is 5.05. The van der Waals surface area contributed by atoms with Gasteiger partial charge >= 0.3 is 0 Å². The molecular formula is C21H31N3O. The summed E-state index contributed by atoms with van der Waals surface area (Å²) < 4.78 is 0. The molecule has 1 aromatic carbocycles. The van der Waals surface area contributed by atoms with Crippen molar-refractivity contribution in [2.24, 2.45) is 17.8 Å². The molecule has 4 heteroatoms. The van der Waals surface area contributed by atoms with E-state index in [2.05, 4.69) is 46.4 Å². The highest BCUT2D eigenvalue weighted by molar-refractivity contribution is 5.80. The van der Waals surface area contributed by atoms with Gasteiger partial charge in [-0.05, 0) is 43.7 Å². The van der Waals surface area contributed by atoms with E-state index in [9.17, 15) is 4.79 Å². The molecule has 4 nitrogen and oxygen atoms in total. The monoisotopic (exact) mass is 341 g/mol. The molecule has 25 heavy (non-hydrogen) atoms. The zero-order chi connectivity index (χ0) is 17.2. The summed E-state index contributed by atoms with van der Waals surface area (Å²) in [4.78, 5) is 17.9. The molecule has 3 aliphatic rings. The second kappa shape index (κ2) is 7.46. The number of carbonyl (C=O) groups excluding carboxylic acids is 1. The number of hydrogen-bond acceptors (Lipinski definition) is 3. The van der Waals surface area contributed by atoms with Crippen LogP contribution in [-0.4, -0.2) is 55.5 Å². The zero-order valence-electron chi connectivity index (χ0n) is 15.4. The Labute approximate surface area is 151 Å². The van der Waals surface area contributed by atoms with E-state index >= 15 is 0 Å². The molecule has 4 rings (SSSR count). The first-order valence-corrected chi connectivity index (χ1v) is 9.95. The molecule has 0 aromatic heterocycles. The fraction of sp³-hybridized carbons (Fsp3) is 0.667. The maximum atomic E-state index is 13.0. The van der Waals surface area contributed by atoms with Gasteiger partial charge in [-0.15, -0.1) is 0 Å². The minimum Gasteiger partial charge on any atom is -0.348 e. The normalized spacial score (nSPS) is 31.2. The molecule has 1 amide bonds. The number of likely N-dealkylation sites (N-methyl/N-ethyl adjacent to an activating group) is 1. The van der Waals surface area contributed by atoms with Crippen molar-refractivity contribution in [2.45, 2.75) is 31.7 Å². The maximum Gasteiger partial charge on any atom is 0.223 e. The van der Waals surface area contributed by atoms with Gasteiger partial charge in [0.2, 0.25) is 5.91 Å². The molecule has 1 aliphatic heterocycles. The standard InChI is InChI=1S/C21H31N3O/c1-23-9-11-24(12-10-23)15-20(17-5-3-2-4-6-17)22-21(25)19-14-16-7-8-18(19)13-16/h2-6,16,18-20H,7-15H2,1H3,(H,22,25)/t16-,18-,19-,20+/m0/s1. The fourth-order valence-electron chi connectivity index (χ4n) is 5.05. The Balaban J connectivity index is 1.43. The van der Waals surface area contributed by atoms with Crippen LogP contribution in [0, 0.1) is 17.8 Å². The number of carbonyl (C=O) groups is 1. The Kier molecular flexibility index (Phi) is 5.09. The molecule has 1 N–H and O–H groups in total. The van der Waals surface area contributed by atoms with E-state index in [1.165, 1.54) is 24.8 Å². The van der Waals surface area contributed by atoms with Crippen LogP contribution < -0.4 is 5.32 Å². The summed E-state index contributed by atoms with van der Waals surface area (Å²) in [5.41, 5.74) is 1.23. The Hall–Kier alpha value is -1.39. The van der Waals surface area contributed by atoms with Crippen LogP contribution in [0.1, 0.15) is 37.3 Å². The molecule has 3 fully saturated rings. The number of rotatable bonds is 5. The topological polar surface area (TPSA) is 35.6 Å². The van der Waals surface area contributed by atoms with Gasteiger partial charge in [0.15, 0.2) is 0 Å². The van der Waals surface area contributed by atoms with Crippen LogP contribution in [0.25, 0.3) is 0 Å². The lowest BCUT2D eigenvalue weighted by molar-refractivity contribution is -0.127. The smallest absolute Gasteiger partial charge is 0.223 e.